The van der Waals surface area contributed by atoms with Gasteiger partial charge in [0.15, 0.2) is 5.78 Å². The van der Waals surface area contributed by atoms with Crippen molar-refractivity contribution in [3.8, 4) is 0 Å². The maximum Gasteiger partial charge on any atom is 0.330 e. The molecular formula is C25H32N2O4. The monoisotopic (exact) mass is 424 g/mol. The first-order chi connectivity index (χ1) is 15.0. The van der Waals surface area contributed by atoms with E-state index in [1.807, 2.05) is 6.08 Å². The number of esters is 1. The van der Waals surface area contributed by atoms with Crippen LogP contribution in [0.15, 0.2) is 90.2 Å². The Morgan fingerprint density at radius 2 is 2.03 bits per heavy atom. The molecule has 0 bridgehead atoms. The molecule has 1 fully saturated rings. The first-order valence-corrected chi connectivity index (χ1v) is 10.2. The quantitative estimate of drug-likeness (QED) is 0.197. The third-order valence-corrected chi connectivity index (χ3v) is 4.35. The Balaban J connectivity index is 2.63. The van der Waals surface area contributed by atoms with E-state index in [2.05, 4.69) is 24.7 Å². The molecule has 0 saturated carbocycles. The van der Waals surface area contributed by atoms with Crippen LogP contribution in [0.25, 0.3) is 0 Å². The number of rotatable bonds is 14. The van der Waals surface area contributed by atoms with Crippen LogP contribution in [0, 0.1) is 0 Å². The van der Waals surface area contributed by atoms with E-state index in [0.29, 0.717) is 38.2 Å². The number of carbonyl (C=O) groups excluding carboxylic acids is 2. The molecule has 166 valence electrons. The van der Waals surface area contributed by atoms with E-state index in [1.165, 1.54) is 18.4 Å². The van der Waals surface area contributed by atoms with Crippen molar-refractivity contribution < 1.29 is 19.1 Å². The van der Waals surface area contributed by atoms with Gasteiger partial charge in [0, 0.05) is 43.5 Å². The van der Waals surface area contributed by atoms with Crippen LogP contribution in [-0.4, -0.2) is 43.8 Å². The first-order valence-electron chi connectivity index (χ1n) is 10.2. The predicted octanol–water partition coefficient (Wildman–Crippen LogP) is 3.94. The molecule has 1 atom stereocenters. The molecule has 0 aromatic carbocycles. The van der Waals surface area contributed by atoms with Crippen LogP contribution in [0.1, 0.15) is 25.7 Å². The summed E-state index contributed by atoms with van der Waals surface area (Å²) in [6.07, 6.45) is 16.6. The fourth-order valence-corrected chi connectivity index (χ4v) is 2.71. The lowest BCUT2D eigenvalue weighted by Crippen LogP contribution is -2.16. The molecule has 0 amide bonds. The molecule has 1 aliphatic rings. The van der Waals surface area contributed by atoms with Crippen molar-refractivity contribution in [3.63, 3.8) is 0 Å². The Labute approximate surface area is 184 Å². The van der Waals surface area contributed by atoms with Gasteiger partial charge in [-0.1, -0.05) is 44.0 Å². The van der Waals surface area contributed by atoms with Crippen molar-refractivity contribution in [2.45, 2.75) is 31.8 Å². The Morgan fingerprint density at radius 1 is 1.23 bits per heavy atom. The van der Waals surface area contributed by atoms with Crippen molar-refractivity contribution in [2.75, 3.05) is 19.8 Å². The molecule has 31 heavy (non-hydrogen) atoms. The minimum absolute atomic E-state index is 0.0764. The van der Waals surface area contributed by atoms with Crippen LogP contribution >= 0.6 is 0 Å². The van der Waals surface area contributed by atoms with Crippen LogP contribution in [0.2, 0.25) is 0 Å². The Kier molecular flexibility index (Phi) is 13.1. The maximum absolute atomic E-state index is 12.4. The summed E-state index contributed by atoms with van der Waals surface area (Å²) >= 11 is 0. The summed E-state index contributed by atoms with van der Waals surface area (Å²) in [5.74, 6) is -0.447. The number of nitrogens with two attached hydrogens (primary N) is 1. The van der Waals surface area contributed by atoms with Gasteiger partial charge >= 0.3 is 5.97 Å². The molecule has 2 N–H and O–H groups in total. The first kappa shape index (κ1) is 25.9. The van der Waals surface area contributed by atoms with E-state index in [9.17, 15) is 9.59 Å². The lowest BCUT2D eigenvalue weighted by Gasteiger charge is -2.08. The number of nitrogens with zero attached hydrogens (tertiary/aromatic N) is 1. The van der Waals surface area contributed by atoms with Crippen molar-refractivity contribution in [3.05, 3.63) is 85.2 Å². The van der Waals surface area contributed by atoms with Crippen molar-refractivity contribution in [1.29, 1.82) is 0 Å². The average molecular weight is 425 g/mol. The van der Waals surface area contributed by atoms with E-state index in [-0.39, 0.29) is 24.3 Å². The number of hydrogen-bond donors (Lipinski definition) is 1. The molecule has 0 aliphatic carbocycles. The molecule has 6 heteroatoms. The van der Waals surface area contributed by atoms with Crippen molar-refractivity contribution >= 4 is 18.0 Å². The van der Waals surface area contributed by atoms with Gasteiger partial charge in [-0.2, -0.15) is 0 Å². The molecule has 6 nitrogen and oxygen atoms in total. The van der Waals surface area contributed by atoms with Crippen LogP contribution in [-0.2, 0) is 19.1 Å². The third-order valence-electron chi connectivity index (χ3n) is 4.35. The van der Waals surface area contributed by atoms with Gasteiger partial charge in [-0.15, -0.1) is 0 Å². The molecule has 0 aromatic heterocycles. The van der Waals surface area contributed by atoms with Crippen LogP contribution in [0.5, 0.6) is 0 Å². The normalized spacial score (nSPS) is 17.5. The smallest absolute Gasteiger partial charge is 0.330 e. The van der Waals surface area contributed by atoms with Gasteiger partial charge in [0.25, 0.3) is 0 Å². The second-order valence-corrected chi connectivity index (χ2v) is 6.70. The fraction of sp³-hybridized carbons (Fsp3) is 0.320. The van der Waals surface area contributed by atoms with E-state index < -0.39 is 0 Å². The largest absolute Gasteiger partial charge is 0.457 e. The number of Topliss-reactive ketones (excluding diaryl/α,β-unsaturated/α-hetero) is 1. The second kappa shape index (κ2) is 15.7. The Hall–Kier alpha value is -3.09. The van der Waals surface area contributed by atoms with Gasteiger partial charge < -0.3 is 15.2 Å². The lowest BCUT2D eigenvalue weighted by molar-refractivity contribution is -0.142. The van der Waals surface area contributed by atoms with Gasteiger partial charge in [0.1, 0.15) is 6.10 Å². The molecular weight excluding hydrogens is 392 g/mol. The topological polar surface area (TPSA) is 91.0 Å². The fourth-order valence-electron chi connectivity index (χ4n) is 2.71. The SMILES string of the molecule is C=CN=C/C=C/CC(=O)/C(C=C)=C/C(=C/CN)C(=C)CC/C=C/C(=O)OC1CCOC1. The van der Waals surface area contributed by atoms with Gasteiger partial charge in [0.2, 0.25) is 0 Å². The molecule has 0 aromatic rings. The zero-order chi connectivity index (χ0) is 22.9. The van der Waals surface area contributed by atoms with Gasteiger partial charge in [-0.05, 0) is 36.1 Å². The van der Waals surface area contributed by atoms with E-state index in [1.54, 1.807) is 30.5 Å². The summed E-state index contributed by atoms with van der Waals surface area (Å²) in [5, 5.41) is 0. The number of carbonyl (C=O) groups is 2. The van der Waals surface area contributed by atoms with Crippen molar-refractivity contribution in [1.82, 2.24) is 0 Å². The summed E-state index contributed by atoms with van der Waals surface area (Å²) in [6.45, 7) is 12.7. The van der Waals surface area contributed by atoms with Crippen LogP contribution in [0.4, 0.5) is 0 Å². The maximum atomic E-state index is 12.4. The zero-order valence-electron chi connectivity index (χ0n) is 18.0. The number of hydrogen-bond acceptors (Lipinski definition) is 6. The lowest BCUT2D eigenvalue weighted by atomic mass is 9.97. The van der Waals surface area contributed by atoms with Gasteiger partial charge in [-0.3, -0.25) is 9.79 Å². The van der Waals surface area contributed by atoms with E-state index in [0.717, 1.165) is 17.6 Å². The molecule has 1 saturated heterocycles. The molecule has 1 heterocycles. The van der Waals surface area contributed by atoms with Crippen molar-refractivity contribution in [2.24, 2.45) is 10.7 Å². The van der Waals surface area contributed by atoms with Gasteiger partial charge in [0.05, 0.1) is 13.2 Å². The number of ether oxygens (including phenoxy) is 2. The Bertz CT molecular complexity index is 794. The standard InChI is InChI=1S/C25H32N2O4/c1-4-21(24(28)11-8-9-16-27-5-2)18-22(13-15-26)20(3)10-6-7-12-25(29)31-23-14-17-30-19-23/h4-5,7-9,12-13,16,18,23H,1-3,6,10-11,14-15,17,19,26H2/b9-8+,12-7+,21-18+,22-13-,27-16?. The van der Waals surface area contributed by atoms with Crippen LogP contribution in [0.3, 0.4) is 0 Å². The predicted molar refractivity (Wildman–Crippen MR) is 126 cm³/mol. The highest BCUT2D eigenvalue weighted by molar-refractivity contribution is 5.99. The summed E-state index contributed by atoms with van der Waals surface area (Å²) < 4.78 is 10.5. The highest BCUT2D eigenvalue weighted by atomic mass is 16.6. The summed E-state index contributed by atoms with van der Waals surface area (Å²) in [6, 6.07) is 0. The minimum Gasteiger partial charge on any atom is -0.457 e. The van der Waals surface area contributed by atoms with Crippen LogP contribution < -0.4 is 5.73 Å². The summed E-state index contributed by atoms with van der Waals surface area (Å²) in [4.78, 5) is 28.1. The molecule has 0 spiro atoms. The number of allylic oxidation sites excluding steroid dienone is 8. The highest BCUT2D eigenvalue weighted by Gasteiger charge is 2.18. The summed E-state index contributed by atoms with van der Waals surface area (Å²) in [7, 11) is 0. The third kappa shape index (κ3) is 11.0. The Morgan fingerprint density at radius 3 is 2.68 bits per heavy atom. The highest BCUT2D eigenvalue weighted by Crippen LogP contribution is 2.19. The molecule has 1 aliphatic heterocycles. The molecule has 0 radical (unpaired) electrons. The number of aliphatic imine (C=N–C) groups is 1. The second-order valence-electron chi connectivity index (χ2n) is 6.70. The average Bonchev–Trinajstić information content (AvgIpc) is 3.26. The minimum atomic E-state index is -0.371. The summed E-state index contributed by atoms with van der Waals surface area (Å²) in [5.41, 5.74) is 7.75. The zero-order valence-corrected chi connectivity index (χ0v) is 18.0. The number of ketones is 1. The van der Waals surface area contributed by atoms with Gasteiger partial charge in [-0.25, -0.2) is 4.79 Å². The van der Waals surface area contributed by atoms with E-state index in [4.69, 9.17) is 15.2 Å². The molecule has 1 rings (SSSR count). The molecule has 1 unspecified atom stereocenters. The van der Waals surface area contributed by atoms with E-state index >= 15 is 0 Å².